The molecule has 0 atom stereocenters. The van der Waals surface area contributed by atoms with E-state index in [2.05, 4.69) is 14.3 Å². The lowest BCUT2D eigenvalue weighted by Crippen LogP contribution is -1.94. The van der Waals surface area contributed by atoms with Crippen LogP contribution in [0.1, 0.15) is 4.11 Å². The third-order valence-corrected chi connectivity index (χ3v) is 5.35. The van der Waals surface area contributed by atoms with Gasteiger partial charge in [-0.15, -0.1) is 0 Å². The summed E-state index contributed by atoms with van der Waals surface area (Å²) in [4.78, 5) is 7.93. The number of aryl methyl sites for hydroxylation is 1. The summed E-state index contributed by atoms with van der Waals surface area (Å²) in [6.45, 7) is -2.50. The topological polar surface area (TPSA) is 86.2 Å². The van der Waals surface area contributed by atoms with Gasteiger partial charge in [0, 0.05) is 33.7 Å². The second-order valence-electron chi connectivity index (χ2n) is 5.40. The number of nitrogens with two attached hydrogens (primary N) is 1. The SMILES string of the molecule is [2H]C([2H])([2H])n1cc(-c2ccc(N=S3(=O)C=CC=C3)c(F)c2)c2c(N)ncnc21. The van der Waals surface area contributed by atoms with Gasteiger partial charge in [0.05, 0.1) is 15.1 Å². The summed E-state index contributed by atoms with van der Waals surface area (Å²) in [5.41, 5.74) is 6.74. The van der Waals surface area contributed by atoms with Crippen molar-refractivity contribution in [3.63, 3.8) is 0 Å². The molecule has 0 saturated carbocycles. The van der Waals surface area contributed by atoms with Gasteiger partial charge in [0.2, 0.25) is 0 Å². The molecule has 0 unspecified atom stereocenters. The number of halogens is 1. The minimum absolute atomic E-state index is 0.0614. The Kier molecular flexibility index (Phi) is 2.73. The molecule has 126 valence electrons. The summed E-state index contributed by atoms with van der Waals surface area (Å²) >= 11 is 0. The molecule has 8 heteroatoms. The fourth-order valence-corrected chi connectivity index (χ4v) is 3.93. The second kappa shape index (κ2) is 5.52. The zero-order valence-corrected chi connectivity index (χ0v) is 13.6. The van der Waals surface area contributed by atoms with Gasteiger partial charge in [-0.25, -0.2) is 18.6 Å². The number of fused-ring (bicyclic) bond motifs is 1. The van der Waals surface area contributed by atoms with E-state index >= 15 is 0 Å². The molecule has 0 saturated heterocycles. The molecule has 0 aliphatic carbocycles. The van der Waals surface area contributed by atoms with Crippen molar-refractivity contribution in [2.75, 3.05) is 5.73 Å². The third kappa shape index (κ3) is 2.60. The smallest absolute Gasteiger partial charge is 0.150 e. The van der Waals surface area contributed by atoms with Crippen LogP contribution in [0.3, 0.4) is 0 Å². The third-order valence-electron chi connectivity index (χ3n) is 3.77. The molecule has 25 heavy (non-hydrogen) atoms. The zero-order valence-electron chi connectivity index (χ0n) is 15.8. The van der Waals surface area contributed by atoms with Crippen molar-refractivity contribution in [1.29, 1.82) is 0 Å². The van der Waals surface area contributed by atoms with E-state index in [1.807, 2.05) is 0 Å². The van der Waals surface area contributed by atoms with Gasteiger partial charge in [0.15, 0.2) is 0 Å². The average Bonchev–Trinajstić information content (AvgIpc) is 3.21. The van der Waals surface area contributed by atoms with Gasteiger partial charge in [-0.3, -0.25) is 0 Å². The number of anilines is 1. The first-order valence-corrected chi connectivity index (χ1v) is 8.86. The van der Waals surface area contributed by atoms with Gasteiger partial charge in [-0.1, -0.05) is 18.2 Å². The Morgan fingerprint density at radius 1 is 1.32 bits per heavy atom. The lowest BCUT2D eigenvalue weighted by atomic mass is 10.1. The zero-order chi connectivity index (χ0) is 20.1. The van der Waals surface area contributed by atoms with Gasteiger partial charge in [0.25, 0.3) is 0 Å². The van der Waals surface area contributed by atoms with Crippen molar-refractivity contribution >= 4 is 32.3 Å². The first-order chi connectivity index (χ1) is 13.2. The van der Waals surface area contributed by atoms with Gasteiger partial charge in [-0.2, -0.15) is 4.36 Å². The van der Waals surface area contributed by atoms with Gasteiger partial charge >= 0.3 is 0 Å². The monoisotopic (exact) mass is 358 g/mol. The van der Waals surface area contributed by atoms with Crippen LogP contribution in [-0.2, 0) is 16.7 Å². The number of rotatable bonds is 2. The van der Waals surface area contributed by atoms with E-state index in [0.29, 0.717) is 16.5 Å². The van der Waals surface area contributed by atoms with Crippen LogP contribution in [0.5, 0.6) is 0 Å². The molecule has 1 aromatic carbocycles. The van der Waals surface area contributed by atoms with Crippen molar-refractivity contribution in [3.8, 4) is 11.1 Å². The fraction of sp³-hybridized carbons (Fsp3) is 0.0588. The van der Waals surface area contributed by atoms with E-state index in [1.54, 1.807) is 18.2 Å². The summed E-state index contributed by atoms with van der Waals surface area (Å²) in [6.07, 6.45) is 5.69. The number of nitrogen functional groups attached to an aromatic ring is 1. The summed E-state index contributed by atoms with van der Waals surface area (Å²) in [5, 5.41) is 3.13. The Morgan fingerprint density at radius 2 is 2.12 bits per heavy atom. The quantitative estimate of drug-likeness (QED) is 0.760. The van der Waals surface area contributed by atoms with Crippen molar-refractivity contribution in [1.82, 2.24) is 14.5 Å². The van der Waals surface area contributed by atoms with Crippen molar-refractivity contribution < 1.29 is 12.7 Å². The highest BCUT2D eigenvalue weighted by molar-refractivity contribution is 7.99. The minimum atomic E-state index is -2.76. The Balaban J connectivity index is 1.90. The molecule has 0 spiro atoms. The molecule has 4 rings (SSSR count). The molecule has 1 aliphatic heterocycles. The minimum Gasteiger partial charge on any atom is -0.383 e. The van der Waals surface area contributed by atoms with E-state index in [0.717, 1.165) is 4.57 Å². The van der Waals surface area contributed by atoms with Crippen molar-refractivity contribution in [3.05, 3.63) is 59.5 Å². The highest BCUT2D eigenvalue weighted by Gasteiger charge is 2.15. The van der Waals surface area contributed by atoms with E-state index < -0.39 is 22.5 Å². The van der Waals surface area contributed by atoms with Crippen LogP contribution in [0, 0.1) is 5.82 Å². The largest absolute Gasteiger partial charge is 0.383 e. The first-order valence-electron chi connectivity index (χ1n) is 8.72. The summed E-state index contributed by atoms with van der Waals surface area (Å²) in [7, 11) is -2.76. The van der Waals surface area contributed by atoms with Crippen LogP contribution in [0.15, 0.2) is 58.1 Å². The van der Waals surface area contributed by atoms with Crippen LogP contribution in [0.4, 0.5) is 15.9 Å². The van der Waals surface area contributed by atoms with Gasteiger partial charge in [0.1, 0.15) is 29.3 Å². The summed E-state index contributed by atoms with van der Waals surface area (Å²) < 4.78 is 55.1. The lowest BCUT2D eigenvalue weighted by molar-refractivity contribution is 0.630. The van der Waals surface area contributed by atoms with E-state index in [9.17, 15) is 8.60 Å². The highest BCUT2D eigenvalue weighted by Crippen LogP contribution is 2.34. The maximum atomic E-state index is 14.7. The lowest BCUT2D eigenvalue weighted by Gasteiger charge is -2.04. The molecule has 6 nitrogen and oxygen atoms in total. The highest BCUT2D eigenvalue weighted by atomic mass is 32.2. The summed E-state index contributed by atoms with van der Waals surface area (Å²) in [6, 6.07) is 4.13. The molecule has 1 aliphatic rings. The number of aromatic nitrogens is 3. The number of hydrogen-bond donors (Lipinski definition) is 1. The van der Waals surface area contributed by atoms with Gasteiger partial charge < -0.3 is 10.3 Å². The number of hydrogen-bond acceptors (Lipinski definition) is 5. The Hall–Kier alpha value is -3.00. The van der Waals surface area contributed by atoms with Gasteiger partial charge in [-0.05, 0) is 17.7 Å². The van der Waals surface area contributed by atoms with Crippen LogP contribution in [0.2, 0.25) is 0 Å². The van der Waals surface area contributed by atoms with Crippen LogP contribution < -0.4 is 5.73 Å². The Bertz CT molecular complexity index is 1270. The van der Waals surface area contributed by atoms with Crippen LogP contribution in [0.25, 0.3) is 22.2 Å². The maximum absolute atomic E-state index is 14.7. The van der Waals surface area contributed by atoms with Crippen LogP contribution in [-0.4, -0.2) is 18.7 Å². The normalized spacial score (nSPS) is 17.4. The molecule has 3 aromatic rings. The molecular weight excluding hydrogens is 341 g/mol. The average molecular weight is 358 g/mol. The van der Waals surface area contributed by atoms with E-state index in [1.165, 1.54) is 35.5 Å². The van der Waals surface area contributed by atoms with E-state index in [-0.39, 0.29) is 17.2 Å². The molecule has 3 heterocycles. The predicted molar refractivity (Wildman–Crippen MR) is 96.8 cm³/mol. The van der Waals surface area contributed by atoms with Crippen molar-refractivity contribution in [2.24, 2.45) is 11.3 Å². The standard InChI is InChI=1S/C17H14FN5OS/c1-23-9-12(15-16(19)20-10-21-17(15)23)11-4-5-14(13(18)8-11)22-25(24)6-2-3-7-25/h2-10H,1H3,(H2,19,20,21)/i1D3. The Labute approximate surface area is 147 Å². The van der Waals surface area contributed by atoms with E-state index in [4.69, 9.17) is 9.85 Å². The molecule has 2 N–H and O–H groups in total. The number of allylic oxidation sites excluding steroid dienone is 2. The second-order valence-corrected chi connectivity index (χ2v) is 7.35. The Morgan fingerprint density at radius 3 is 2.84 bits per heavy atom. The number of nitrogens with zero attached hydrogens (tertiary/aromatic N) is 4. The fourth-order valence-electron chi connectivity index (χ4n) is 2.63. The molecule has 0 fully saturated rings. The molecule has 0 amide bonds. The molecular formula is C17H14FN5OS. The maximum Gasteiger partial charge on any atom is 0.150 e. The predicted octanol–water partition coefficient (Wildman–Crippen LogP) is 3.50. The van der Waals surface area contributed by atoms with Crippen molar-refractivity contribution in [2.45, 2.75) is 0 Å². The molecule has 2 aromatic heterocycles. The molecule has 0 radical (unpaired) electrons. The first kappa shape index (κ1) is 12.4. The summed E-state index contributed by atoms with van der Waals surface area (Å²) in [5.74, 6) is -0.611. The number of benzene rings is 1. The van der Waals surface area contributed by atoms with Crippen LogP contribution >= 0.6 is 0 Å². The molecule has 0 bridgehead atoms.